The molecule has 7 nitrogen and oxygen atoms in total. The van der Waals surface area contributed by atoms with Crippen molar-refractivity contribution >= 4 is 27.3 Å². The van der Waals surface area contributed by atoms with Gasteiger partial charge in [-0.05, 0) is 43.3 Å². The first kappa shape index (κ1) is 17.8. The summed E-state index contributed by atoms with van der Waals surface area (Å²) in [7, 11) is -2.20. The highest BCUT2D eigenvalue weighted by Gasteiger charge is 2.15. The summed E-state index contributed by atoms with van der Waals surface area (Å²) in [5, 5.41) is 10.8. The number of rotatable bonds is 6. The van der Waals surface area contributed by atoms with Crippen molar-refractivity contribution in [3.8, 4) is 5.75 Å². The number of benzene rings is 2. The highest BCUT2D eigenvalue weighted by Crippen LogP contribution is 2.24. The van der Waals surface area contributed by atoms with E-state index in [-0.39, 0.29) is 10.8 Å². The Morgan fingerprint density at radius 3 is 2.33 bits per heavy atom. The topological polar surface area (TPSA) is 111 Å². The van der Waals surface area contributed by atoms with E-state index in [1.54, 1.807) is 20.1 Å². The largest absolute Gasteiger partial charge is 0.495 e. The minimum Gasteiger partial charge on any atom is -0.495 e. The molecule has 2 aromatic carbocycles. The van der Waals surface area contributed by atoms with Gasteiger partial charge in [0.1, 0.15) is 11.8 Å². The molecule has 0 aromatic heterocycles. The van der Waals surface area contributed by atoms with Crippen molar-refractivity contribution in [3.63, 3.8) is 0 Å². The van der Waals surface area contributed by atoms with Gasteiger partial charge < -0.3 is 15.4 Å². The number of primary sulfonamides is 1. The molecule has 2 rings (SSSR count). The number of para-hydroxylation sites is 2. The van der Waals surface area contributed by atoms with Gasteiger partial charge in [-0.15, -0.1) is 0 Å². The van der Waals surface area contributed by atoms with E-state index in [0.717, 1.165) is 0 Å². The average Bonchev–Trinajstić information content (AvgIpc) is 2.55. The Labute approximate surface area is 140 Å². The maximum Gasteiger partial charge on any atom is 0.246 e. The van der Waals surface area contributed by atoms with Gasteiger partial charge >= 0.3 is 0 Å². The maximum absolute atomic E-state index is 12.2. The summed E-state index contributed by atoms with van der Waals surface area (Å²) in [4.78, 5) is 12.2. The van der Waals surface area contributed by atoms with Crippen LogP contribution in [0.1, 0.15) is 6.92 Å². The third kappa shape index (κ3) is 4.46. The highest BCUT2D eigenvalue weighted by molar-refractivity contribution is 7.89. The zero-order chi connectivity index (χ0) is 17.7. The molecule has 0 fully saturated rings. The van der Waals surface area contributed by atoms with Gasteiger partial charge in [0.05, 0.1) is 17.7 Å². The Hall–Kier alpha value is -2.58. The van der Waals surface area contributed by atoms with Crippen LogP contribution in [-0.4, -0.2) is 27.5 Å². The molecule has 0 saturated heterocycles. The van der Waals surface area contributed by atoms with Crippen LogP contribution in [-0.2, 0) is 14.8 Å². The van der Waals surface area contributed by atoms with E-state index < -0.39 is 16.1 Å². The lowest BCUT2D eigenvalue weighted by Crippen LogP contribution is -2.32. The first-order valence-corrected chi connectivity index (χ1v) is 8.69. The second kappa shape index (κ2) is 7.33. The molecule has 1 amide bonds. The second-order valence-corrected chi connectivity index (χ2v) is 6.69. The molecule has 2 aromatic rings. The molecule has 128 valence electrons. The summed E-state index contributed by atoms with van der Waals surface area (Å²) >= 11 is 0. The van der Waals surface area contributed by atoms with E-state index in [4.69, 9.17) is 9.88 Å². The number of carbonyl (C=O) groups excluding carboxylic acids is 1. The highest BCUT2D eigenvalue weighted by atomic mass is 32.2. The van der Waals surface area contributed by atoms with Crippen LogP contribution in [0, 0.1) is 0 Å². The normalized spacial score (nSPS) is 12.3. The third-order valence-electron chi connectivity index (χ3n) is 3.32. The van der Waals surface area contributed by atoms with Crippen LogP contribution >= 0.6 is 0 Å². The molecule has 0 radical (unpaired) electrons. The van der Waals surface area contributed by atoms with Crippen LogP contribution in [0.15, 0.2) is 53.4 Å². The summed E-state index contributed by atoms with van der Waals surface area (Å²) in [5.74, 6) is 0.360. The number of carbonyl (C=O) groups is 1. The maximum atomic E-state index is 12.2. The van der Waals surface area contributed by atoms with Crippen LogP contribution in [0.3, 0.4) is 0 Å². The number of sulfonamides is 1. The van der Waals surface area contributed by atoms with Crippen LogP contribution in [0.5, 0.6) is 5.75 Å². The number of ether oxygens (including phenoxy) is 1. The smallest absolute Gasteiger partial charge is 0.246 e. The standard InChI is InChI=1S/C16H19N3O4S/c1-11(18-14-5-3-4-6-15(14)23-2)16(20)19-12-7-9-13(10-8-12)24(17,21)22/h3-11,18H,1-2H3,(H,19,20)(H2,17,21,22). The molecule has 1 unspecified atom stereocenters. The van der Waals surface area contributed by atoms with Crippen molar-refractivity contribution in [1.29, 1.82) is 0 Å². The number of nitrogens with one attached hydrogen (secondary N) is 2. The Bertz CT molecular complexity index is 819. The monoisotopic (exact) mass is 349 g/mol. The molecule has 0 spiro atoms. The summed E-state index contributed by atoms with van der Waals surface area (Å²) in [6.07, 6.45) is 0. The Kier molecular flexibility index (Phi) is 5.42. The molecular weight excluding hydrogens is 330 g/mol. The predicted molar refractivity (Wildman–Crippen MR) is 92.5 cm³/mol. The number of methoxy groups -OCH3 is 1. The van der Waals surface area contributed by atoms with Crippen LogP contribution < -0.4 is 20.5 Å². The van der Waals surface area contributed by atoms with Crippen molar-refractivity contribution in [2.75, 3.05) is 17.7 Å². The fourth-order valence-corrected chi connectivity index (χ4v) is 2.56. The Morgan fingerprint density at radius 2 is 1.75 bits per heavy atom. The SMILES string of the molecule is COc1ccccc1NC(C)C(=O)Nc1ccc(S(N)(=O)=O)cc1. The first-order valence-electron chi connectivity index (χ1n) is 7.14. The van der Waals surface area contributed by atoms with Crippen molar-refractivity contribution in [1.82, 2.24) is 0 Å². The van der Waals surface area contributed by atoms with E-state index >= 15 is 0 Å². The third-order valence-corrected chi connectivity index (χ3v) is 4.25. The Morgan fingerprint density at radius 1 is 1.12 bits per heavy atom. The van der Waals surface area contributed by atoms with E-state index in [1.807, 2.05) is 18.2 Å². The molecule has 0 aliphatic carbocycles. The van der Waals surface area contributed by atoms with Crippen LogP contribution in [0.25, 0.3) is 0 Å². The van der Waals surface area contributed by atoms with Crippen molar-refractivity contribution in [2.24, 2.45) is 5.14 Å². The van der Waals surface area contributed by atoms with E-state index in [2.05, 4.69) is 10.6 Å². The molecule has 4 N–H and O–H groups in total. The van der Waals surface area contributed by atoms with E-state index in [1.165, 1.54) is 24.3 Å². The zero-order valence-electron chi connectivity index (χ0n) is 13.3. The van der Waals surface area contributed by atoms with Gasteiger partial charge in [0, 0.05) is 5.69 Å². The summed E-state index contributed by atoms with van der Waals surface area (Å²) in [5.41, 5.74) is 1.17. The molecule has 0 aliphatic rings. The van der Waals surface area contributed by atoms with Crippen molar-refractivity contribution < 1.29 is 17.9 Å². The number of nitrogens with two attached hydrogens (primary N) is 1. The number of hydrogen-bond donors (Lipinski definition) is 3. The lowest BCUT2D eigenvalue weighted by Gasteiger charge is -2.17. The molecule has 24 heavy (non-hydrogen) atoms. The minimum absolute atomic E-state index is 0.0132. The van der Waals surface area contributed by atoms with Crippen molar-refractivity contribution in [2.45, 2.75) is 17.9 Å². The fraction of sp³-hybridized carbons (Fsp3) is 0.188. The predicted octanol–water partition coefficient (Wildman–Crippen LogP) is 1.78. The quantitative estimate of drug-likeness (QED) is 0.736. The second-order valence-electron chi connectivity index (χ2n) is 5.12. The van der Waals surface area contributed by atoms with Crippen LogP contribution in [0.2, 0.25) is 0 Å². The zero-order valence-corrected chi connectivity index (χ0v) is 14.1. The van der Waals surface area contributed by atoms with E-state index in [9.17, 15) is 13.2 Å². The molecule has 8 heteroatoms. The minimum atomic E-state index is -3.75. The van der Waals surface area contributed by atoms with Gasteiger partial charge in [-0.2, -0.15) is 0 Å². The van der Waals surface area contributed by atoms with Gasteiger partial charge in [0.25, 0.3) is 0 Å². The average molecular weight is 349 g/mol. The molecule has 0 aliphatic heterocycles. The van der Waals surface area contributed by atoms with Gasteiger partial charge in [0.15, 0.2) is 0 Å². The van der Waals surface area contributed by atoms with Crippen molar-refractivity contribution in [3.05, 3.63) is 48.5 Å². The lowest BCUT2D eigenvalue weighted by atomic mass is 10.2. The van der Waals surface area contributed by atoms with Gasteiger partial charge in [0.2, 0.25) is 15.9 Å². The summed E-state index contributed by atoms with van der Waals surface area (Å²) < 4.78 is 27.6. The first-order chi connectivity index (χ1) is 11.3. The summed E-state index contributed by atoms with van der Waals surface area (Å²) in [6.45, 7) is 1.71. The molecule has 1 atom stereocenters. The van der Waals surface area contributed by atoms with Gasteiger partial charge in [-0.25, -0.2) is 13.6 Å². The Balaban J connectivity index is 2.04. The number of hydrogen-bond acceptors (Lipinski definition) is 5. The lowest BCUT2D eigenvalue weighted by molar-refractivity contribution is -0.116. The van der Waals surface area contributed by atoms with Crippen LogP contribution in [0.4, 0.5) is 11.4 Å². The number of anilines is 2. The fourth-order valence-electron chi connectivity index (χ4n) is 2.04. The molecule has 0 saturated carbocycles. The molecular formula is C16H19N3O4S. The van der Waals surface area contributed by atoms with Gasteiger partial charge in [-0.1, -0.05) is 12.1 Å². The van der Waals surface area contributed by atoms with E-state index in [0.29, 0.717) is 17.1 Å². The number of amides is 1. The summed E-state index contributed by atoms with van der Waals surface area (Å²) in [6, 6.07) is 12.4. The molecule has 0 heterocycles. The van der Waals surface area contributed by atoms with Gasteiger partial charge in [-0.3, -0.25) is 4.79 Å². The molecule has 0 bridgehead atoms.